The maximum atomic E-state index is 6.05. The molecule has 96 valence electrons. The zero-order chi connectivity index (χ0) is 12.2. The predicted octanol–water partition coefficient (Wildman–Crippen LogP) is 2.87. The fourth-order valence-electron chi connectivity index (χ4n) is 2.80. The highest BCUT2D eigenvalue weighted by molar-refractivity contribution is 4.88. The Balaban J connectivity index is 2.53. The average Bonchev–Trinajstić information content (AvgIpc) is 2.31. The van der Waals surface area contributed by atoms with Gasteiger partial charge in [-0.3, -0.25) is 0 Å². The van der Waals surface area contributed by atoms with E-state index < -0.39 is 0 Å². The Hall–Kier alpha value is -0.0800. The molecule has 0 aromatic carbocycles. The minimum atomic E-state index is 0.407. The van der Waals surface area contributed by atoms with Crippen molar-refractivity contribution < 1.29 is 0 Å². The lowest BCUT2D eigenvalue weighted by Crippen LogP contribution is -2.45. The Kier molecular flexibility index (Phi) is 5.26. The van der Waals surface area contributed by atoms with Crippen molar-refractivity contribution >= 4 is 0 Å². The summed E-state index contributed by atoms with van der Waals surface area (Å²) in [6.45, 7) is 9.00. The van der Waals surface area contributed by atoms with Gasteiger partial charge in [-0.15, -0.1) is 0 Å². The SMILES string of the molecule is CCC(C)N(C)CC1(CN)CCC(C)CC1. The molecule has 0 radical (unpaired) electrons. The quantitative estimate of drug-likeness (QED) is 0.781. The highest BCUT2D eigenvalue weighted by Crippen LogP contribution is 2.38. The molecule has 1 rings (SSSR count). The van der Waals surface area contributed by atoms with Gasteiger partial charge in [0.15, 0.2) is 0 Å². The van der Waals surface area contributed by atoms with Crippen LogP contribution in [0.25, 0.3) is 0 Å². The molecule has 1 atom stereocenters. The van der Waals surface area contributed by atoms with Crippen LogP contribution in [-0.2, 0) is 0 Å². The molecule has 0 aromatic rings. The molecule has 2 nitrogen and oxygen atoms in total. The van der Waals surface area contributed by atoms with Crippen LogP contribution >= 0.6 is 0 Å². The van der Waals surface area contributed by atoms with Gasteiger partial charge in [-0.2, -0.15) is 0 Å². The van der Waals surface area contributed by atoms with Gasteiger partial charge in [0, 0.05) is 12.6 Å². The van der Waals surface area contributed by atoms with Crippen molar-refractivity contribution in [1.82, 2.24) is 4.90 Å². The molecular formula is C14H30N2. The van der Waals surface area contributed by atoms with Gasteiger partial charge in [-0.05, 0) is 51.1 Å². The first-order valence-corrected chi connectivity index (χ1v) is 6.93. The van der Waals surface area contributed by atoms with Crippen molar-refractivity contribution in [3.05, 3.63) is 0 Å². The Labute approximate surface area is 102 Å². The van der Waals surface area contributed by atoms with E-state index in [2.05, 4.69) is 32.7 Å². The average molecular weight is 226 g/mol. The highest BCUT2D eigenvalue weighted by Gasteiger charge is 2.34. The van der Waals surface area contributed by atoms with Crippen molar-refractivity contribution in [2.75, 3.05) is 20.1 Å². The molecule has 0 aliphatic heterocycles. The van der Waals surface area contributed by atoms with Gasteiger partial charge >= 0.3 is 0 Å². The topological polar surface area (TPSA) is 29.3 Å². The van der Waals surface area contributed by atoms with Crippen molar-refractivity contribution in [3.63, 3.8) is 0 Å². The molecule has 1 fully saturated rings. The summed E-state index contributed by atoms with van der Waals surface area (Å²) in [5.41, 5.74) is 6.45. The lowest BCUT2D eigenvalue weighted by molar-refractivity contribution is 0.0892. The molecule has 1 unspecified atom stereocenters. The van der Waals surface area contributed by atoms with Gasteiger partial charge in [0.05, 0.1) is 0 Å². The molecule has 2 N–H and O–H groups in total. The normalized spacial score (nSPS) is 33.0. The molecule has 0 spiro atoms. The second-order valence-corrected chi connectivity index (χ2v) is 6.06. The zero-order valence-electron chi connectivity index (χ0n) is 11.6. The largest absolute Gasteiger partial charge is 0.330 e. The van der Waals surface area contributed by atoms with E-state index in [1.807, 2.05) is 0 Å². The highest BCUT2D eigenvalue weighted by atomic mass is 15.1. The Morgan fingerprint density at radius 1 is 1.38 bits per heavy atom. The molecule has 0 saturated heterocycles. The van der Waals surface area contributed by atoms with Crippen LogP contribution in [-0.4, -0.2) is 31.1 Å². The van der Waals surface area contributed by atoms with Crippen LogP contribution in [0.5, 0.6) is 0 Å². The summed E-state index contributed by atoms with van der Waals surface area (Å²) in [5, 5.41) is 0. The minimum Gasteiger partial charge on any atom is -0.330 e. The van der Waals surface area contributed by atoms with E-state index in [0.29, 0.717) is 11.5 Å². The van der Waals surface area contributed by atoms with Crippen LogP contribution in [0.3, 0.4) is 0 Å². The van der Waals surface area contributed by atoms with Gasteiger partial charge in [0.1, 0.15) is 0 Å². The fraction of sp³-hybridized carbons (Fsp3) is 1.00. The van der Waals surface area contributed by atoms with Crippen molar-refractivity contribution in [3.8, 4) is 0 Å². The summed E-state index contributed by atoms with van der Waals surface area (Å²) >= 11 is 0. The monoisotopic (exact) mass is 226 g/mol. The van der Waals surface area contributed by atoms with E-state index in [1.165, 1.54) is 38.6 Å². The van der Waals surface area contributed by atoms with Crippen LogP contribution in [0.2, 0.25) is 0 Å². The van der Waals surface area contributed by atoms with E-state index >= 15 is 0 Å². The smallest absolute Gasteiger partial charge is 0.00614 e. The van der Waals surface area contributed by atoms with Crippen molar-refractivity contribution in [2.24, 2.45) is 17.1 Å². The van der Waals surface area contributed by atoms with Crippen molar-refractivity contribution in [2.45, 2.75) is 58.9 Å². The summed E-state index contributed by atoms with van der Waals surface area (Å²) in [7, 11) is 2.25. The Morgan fingerprint density at radius 3 is 2.38 bits per heavy atom. The third kappa shape index (κ3) is 3.46. The Bertz CT molecular complexity index is 195. The number of nitrogens with zero attached hydrogens (tertiary/aromatic N) is 1. The number of hydrogen-bond donors (Lipinski definition) is 1. The van der Waals surface area contributed by atoms with Crippen LogP contribution in [0.4, 0.5) is 0 Å². The standard InChI is InChI=1S/C14H30N2/c1-5-13(3)16(4)11-14(10-15)8-6-12(2)7-9-14/h12-13H,5-11,15H2,1-4H3. The molecule has 0 heterocycles. The first-order valence-electron chi connectivity index (χ1n) is 6.93. The second kappa shape index (κ2) is 6.02. The van der Waals surface area contributed by atoms with Crippen molar-refractivity contribution in [1.29, 1.82) is 0 Å². The molecule has 1 saturated carbocycles. The van der Waals surface area contributed by atoms with Crippen LogP contribution in [0.15, 0.2) is 0 Å². The molecule has 2 heteroatoms. The summed E-state index contributed by atoms with van der Waals surface area (Å²) in [4.78, 5) is 2.50. The molecular weight excluding hydrogens is 196 g/mol. The van der Waals surface area contributed by atoms with Gasteiger partial charge in [0.2, 0.25) is 0 Å². The lowest BCUT2D eigenvalue weighted by Gasteiger charge is -2.42. The van der Waals surface area contributed by atoms with Crippen LogP contribution < -0.4 is 5.73 Å². The first-order chi connectivity index (χ1) is 7.53. The zero-order valence-corrected chi connectivity index (χ0v) is 11.6. The van der Waals surface area contributed by atoms with E-state index in [0.717, 1.165) is 12.5 Å². The van der Waals surface area contributed by atoms with Gasteiger partial charge in [-0.1, -0.05) is 26.7 Å². The number of hydrogen-bond acceptors (Lipinski definition) is 2. The molecule has 0 aromatic heterocycles. The third-order valence-corrected chi connectivity index (χ3v) is 4.70. The molecule has 1 aliphatic carbocycles. The second-order valence-electron chi connectivity index (χ2n) is 6.06. The summed E-state index contributed by atoms with van der Waals surface area (Å²) in [6.07, 6.45) is 6.61. The van der Waals surface area contributed by atoms with Crippen LogP contribution in [0, 0.1) is 11.3 Å². The lowest BCUT2D eigenvalue weighted by atomic mass is 9.70. The summed E-state index contributed by atoms with van der Waals surface area (Å²) in [5.74, 6) is 0.911. The predicted molar refractivity (Wildman–Crippen MR) is 71.5 cm³/mol. The number of rotatable bonds is 5. The van der Waals surface area contributed by atoms with E-state index in [4.69, 9.17) is 5.73 Å². The molecule has 1 aliphatic rings. The number of nitrogens with two attached hydrogens (primary N) is 1. The van der Waals surface area contributed by atoms with Gasteiger partial charge in [-0.25, -0.2) is 0 Å². The molecule has 16 heavy (non-hydrogen) atoms. The first kappa shape index (κ1) is 14.0. The van der Waals surface area contributed by atoms with Gasteiger partial charge in [0.25, 0.3) is 0 Å². The van der Waals surface area contributed by atoms with E-state index in [-0.39, 0.29) is 0 Å². The Morgan fingerprint density at radius 2 is 1.94 bits per heavy atom. The molecule has 0 amide bonds. The van der Waals surface area contributed by atoms with E-state index in [9.17, 15) is 0 Å². The fourth-order valence-corrected chi connectivity index (χ4v) is 2.80. The maximum absolute atomic E-state index is 6.05. The minimum absolute atomic E-state index is 0.407. The van der Waals surface area contributed by atoms with Crippen LogP contribution in [0.1, 0.15) is 52.9 Å². The summed E-state index contributed by atoms with van der Waals surface area (Å²) < 4.78 is 0. The maximum Gasteiger partial charge on any atom is 0.00614 e. The molecule has 0 bridgehead atoms. The van der Waals surface area contributed by atoms with Gasteiger partial charge < -0.3 is 10.6 Å². The third-order valence-electron chi connectivity index (χ3n) is 4.70. The van der Waals surface area contributed by atoms with E-state index in [1.54, 1.807) is 0 Å². The summed E-state index contributed by atoms with van der Waals surface area (Å²) in [6, 6.07) is 0.683.